The molecular formula is C25H28N2O2. The summed E-state index contributed by atoms with van der Waals surface area (Å²) in [5.41, 5.74) is 1.38. The van der Waals surface area contributed by atoms with Crippen LogP contribution < -0.4 is 10.1 Å². The minimum Gasteiger partial charge on any atom is -0.484 e. The van der Waals surface area contributed by atoms with Crippen molar-refractivity contribution >= 4 is 16.7 Å². The number of hydrogen-bond donors (Lipinski definition) is 1. The van der Waals surface area contributed by atoms with Crippen LogP contribution in [0.3, 0.4) is 0 Å². The Bertz CT molecular complexity index is 934. The Kier molecular flexibility index (Phi) is 6.42. The fraction of sp³-hybridized carbons (Fsp3) is 0.320. The molecule has 1 aliphatic rings. The van der Waals surface area contributed by atoms with Crippen LogP contribution in [0.5, 0.6) is 5.75 Å². The summed E-state index contributed by atoms with van der Waals surface area (Å²) in [7, 11) is 0. The van der Waals surface area contributed by atoms with E-state index in [0.717, 1.165) is 50.0 Å². The number of amides is 1. The zero-order valence-electron chi connectivity index (χ0n) is 16.7. The van der Waals surface area contributed by atoms with Crippen LogP contribution in [0, 0.1) is 0 Å². The van der Waals surface area contributed by atoms with Gasteiger partial charge in [0.2, 0.25) is 0 Å². The van der Waals surface area contributed by atoms with E-state index in [1.54, 1.807) is 0 Å². The maximum atomic E-state index is 12.3. The topological polar surface area (TPSA) is 41.6 Å². The van der Waals surface area contributed by atoms with Gasteiger partial charge in [0, 0.05) is 25.7 Å². The van der Waals surface area contributed by atoms with E-state index in [9.17, 15) is 4.79 Å². The number of carbonyl (C=O) groups is 1. The van der Waals surface area contributed by atoms with Gasteiger partial charge in [0.05, 0.1) is 0 Å². The van der Waals surface area contributed by atoms with Crippen LogP contribution in [0.2, 0.25) is 0 Å². The molecular weight excluding hydrogens is 360 g/mol. The van der Waals surface area contributed by atoms with Crippen LogP contribution in [-0.2, 0) is 11.2 Å². The van der Waals surface area contributed by atoms with Crippen molar-refractivity contribution in [2.75, 3.05) is 26.2 Å². The lowest BCUT2D eigenvalue weighted by Crippen LogP contribution is -2.46. The number of piperidine rings is 1. The summed E-state index contributed by atoms with van der Waals surface area (Å²) in [5, 5.41) is 5.42. The minimum atomic E-state index is -0.0408. The van der Waals surface area contributed by atoms with E-state index in [0.29, 0.717) is 0 Å². The molecule has 0 aliphatic carbocycles. The monoisotopic (exact) mass is 388 g/mol. The first-order chi connectivity index (χ1) is 14.3. The van der Waals surface area contributed by atoms with E-state index in [-0.39, 0.29) is 18.6 Å². The summed E-state index contributed by atoms with van der Waals surface area (Å²) in [4.78, 5) is 14.8. The van der Waals surface area contributed by atoms with Crippen molar-refractivity contribution in [3.8, 4) is 5.75 Å². The third-order valence-electron chi connectivity index (χ3n) is 5.60. The van der Waals surface area contributed by atoms with E-state index >= 15 is 0 Å². The second-order valence-electron chi connectivity index (χ2n) is 7.72. The number of likely N-dealkylation sites (tertiary alicyclic amines) is 1. The number of hydrogen-bond acceptors (Lipinski definition) is 3. The number of fused-ring (bicyclic) bond motifs is 1. The highest BCUT2D eigenvalue weighted by Crippen LogP contribution is 2.20. The van der Waals surface area contributed by atoms with Crippen LogP contribution in [0.25, 0.3) is 10.8 Å². The Hall–Kier alpha value is -2.85. The molecule has 4 rings (SSSR count). The molecule has 0 spiro atoms. The molecule has 1 aliphatic heterocycles. The first-order valence-electron chi connectivity index (χ1n) is 10.4. The van der Waals surface area contributed by atoms with Crippen LogP contribution in [-0.4, -0.2) is 43.1 Å². The van der Waals surface area contributed by atoms with E-state index in [1.165, 1.54) is 10.9 Å². The van der Waals surface area contributed by atoms with Gasteiger partial charge in [0.1, 0.15) is 5.75 Å². The Morgan fingerprint density at radius 3 is 2.45 bits per heavy atom. The fourth-order valence-corrected chi connectivity index (χ4v) is 3.91. The van der Waals surface area contributed by atoms with Crippen molar-refractivity contribution in [3.63, 3.8) is 0 Å². The summed E-state index contributed by atoms with van der Waals surface area (Å²) in [6, 6.07) is 24.9. The van der Waals surface area contributed by atoms with Gasteiger partial charge in [-0.2, -0.15) is 0 Å². The summed E-state index contributed by atoms with van der Waals surface area (Å²) in [6.45, 7) is 3.20. The molecule has 1 N–H and O–H groups in total. The first kappa shape index (κ1) is 19.5. The molecule has 0 radical (unpaired) electrons. The third kappa shape index (κ3) is 5.58. The lowest BCUT2D eigenvalue weighted by atomic mass is 10.0. The quantitative estimate of drug-likeness (QED) is 0.664. The highest BCUT2D eigenvalue weighted by Gasteiger charge is 2.20. The lowest BCUT2D eigenvalue weighted by Gasteiger charge is -2.32. The van der Waals surface area contributed by atoms with Gasteiger partial charge in [-0.15, -0.1) is 0 Å². The minimum absolute atomic E-state index is 0.0408. The van der Waals surface area contributed by atoms with Crippen molar-refractivity contribution in [1.82, 2.24) is 10.2 Å². The van der Waals surface area contributed by atoms with E-state index < -0.39 is 0 Å². The Balaban J connectivity index is 1.17. The van der Waals surface area contributed by atoms with Crippen molar-refractivity contribution < 1.29 is 9.53 Å². The van der Waals surface area contributed by atoms with E-state index in [4.69, 9.17) is 4.74 Å². The lowest BCUT2D eigenvalue weighted by molar-refractivity contribution is -0.124. The summed E-state index contributed by atoms with van der Waals surface area (Å²) >= 11 is 0. The van der Waals surface area contributed by atoms with Gasteiger partial charge in [0.15, 0.2) is 6.61 Å². The molecule has 4 nitrogen and oxygen atoms in total. The average molecular weight is 389 g/mol. The molecule has 29 heavy (non-hydrogen) atoms. The van der Waals surface area contributed by atoms with E-state index in [1.807, 2.05) is 36.4 Å². The molecule has 0 aromatic heterocycles. The smallest absolute Gasteiger partial charge is 0.258 e. The normalized spacial score (nSPS) is 15.3. The SMILES string of the molecule is O=C(COc1ccc2ccccc2c1)NC1CCN(CCc2ccccc2)CC1. The van der Waals surface area contributed by atoms with Gasteiger partial charge in [-0.05, 0) is 47.7 Å². The standard InChI is InChI=1S/C25H28N2O2/c28-25(19-29-24-11-10-21-8-4-5-9-22(21)18-24)26-23-13-16-27(17-14-23)15-12-20-6-2-1-3-7-20/h1-11,18,23H,12-17,19H2,(H,26,28). The van der Waals surface area contributed by atoms with Crippen LogP contribution in [0.15, 0.2) is 72.8 Å². The fourth-order valence-electron chi connectivity index (χ4n) is 3.91. The van der Waals surface area contributed by atoms with Crippen molar-refractivity contribution in [2.24, 2.45) is 0 Å². The number of rotatable bonds is 7. The predicted octanol–water partition coefficient (Wildman–Crippen LogP) is 4.04. The summed E-state index contributed by atoms with van der Waals surface area (Å²) < 4.78 is 5.70. The van der Waals surface area contributed by atoms with Crippen LogP contribution in [0.4, 0.5) is 0 Å². The van der Waals surface area contributed by atoms with Crippen LogP contribution >= 0.6 is 0 Å². The number of nitrogens with zero attached hydrogens (tertiary/aromatic N) is 1. The molecule has 3 aromatic carbocycles. The molecule has 3 aromatic rings. The highest BCUT2D eigenvalue weighted by molar-refractivity contribution is 5.84. The largest absolute Gasteiger partial charge is 0.484 e. The number of carbonyl (C=O) groups excluding carboxylic acids is 1. The molecule has 150 valence electrons. The van der Waals surface area contributed by atoms with Gasteiger partial charge in [-0.1, -0.05) is 60.7 Å². The van der Waals surface area contributed by atoms with Gasteiger partial charge < -0.3 is 15.0 Å². The zero-order valence-corrected chi connectivity index (χ0v) is 16.7. The van der Waals surface area contributed by atoms with Gasteiger partial charge in [-0.3, -0.25) is 4.79 Å². The molecule has 4 heteroatoms. The third-order valence-corrected chi connectivity index (χ3v) is 5.60. The van der Waals surface area contributed by atoms with Crippen molar-refractivity contribution in [3.05, 3.63) is 78.4 Å². The second kappa shape index (κ2) is 9.57. The Morgan fingerprint density at radius 2 is 1.66 bits per heavy atom. The zero-order chi connectivity index (χ0) is 19.9. The molecule has 1 amide bonds. The summed E-state index contributed by atoms with van der Waals surface area (Å²) in [6.07, 6.45) is 3.07. The molecule has 0 bridgehead atoms. The number of nitrogens with one attached hydrogen (secondary N) is 1. The molecule has 1 saturated heterocycles. The Labute approximate surface area is 172 Å². The second-order valence-corrected chi connectivity index (χ2v) is 7.72. The van der Waals surface area contributed by atoms with Gasteiger partial charge >= 0.3 is 0 Å². The van der Waals surface area contributed by atoms with E-state index in [2.05, 4.69) is 46.6 Å². The summed E-state index contributed by atoms with van der Waals surface area (Å²) in [5.74, 6) is 0.690. The highest BCUT2D eigenvalue weighted by atomic mass is 16.5. The molecule has 1 fully saturated rings. The van der Waals surface area contributed by atoms with Crippen molar-refractivity contribution in [2.45, 2.75) is 25.3 Å². The molecule has 0 saturated carbocycles. The maximum Gasteiger partial charge on any atom is 0.258 e. The average Bonchev–Trinajstić information content (AvgIpc) is 2.78. The predicted molar refractivity (Wildman–Crippen MR) is 117 cm³/mol. The number of benzene rings is 3. The maximum absolute atomic E-state index is 12.3. The number of ether oxygens (including phenoxy) is 1. The Morgan fingerprint density at radius 1 is 0.931 bits per heavy atom. The molecule has 1 heterocycles. The first-order valence-corrected chi connectivity index (χ1v) is 10.4. The van der Waals surface area contributed by atoms with Gasteiger partial charge in [0.25, 0.3) is 5.91 Å². The molecule has 0 unspecified atom stereocenters. The van der Waals surface area contributed by atoms with Crippen molar-refractivity contribution in [1.29, 1.82) is 0 Å². The van der Waals surface area contributed by atoms with Gasteiger partial charge in [-0.25, -0.2) is 0 Å². The van der Waals surface area contributed by atoms with Crippen LogP contribution in [0.1, 0.15) is 18.4 Å². The molecule has 0 atom stereocenters.